The quantitative estimate of drug-likeness (QED) is 0.414. The minimum atomic E-state index is -0.419. The van der Waals surface area contributed by atoms with E-state index in [9.17, 15) is 4.79 Å². The SMILES string of the molecule is C=CCOc1c(/C=N\NC(=O)COc2ccccc2Cl)cccc1OC. The van der Waals surface area contributed by atoms with E-state index in [-0.39, 0.29) is 6.61 Å². The van der Waals surface area contributed by atoms with Crippen LogP contribution in [0, 0.1) is 0 Å². The number of ether oxygens (including phenoxy) is 3. The lowest BCUT2D eigenvalue weighted by Gasteiger charge is -2.11. The van der Waals surface area contributed by atoms with Gasteiger partial charge >= 0.3 is 0 Å². The van der Waals surface area contributed by atoms with Crippen LogP contribution in [-0.2, 0) is 4.79 Å². The number of benzene rings is 2. The second-order valence-electron chi connectivity index (χ2n) is 4.99. The molecule has 136 valence electrons. The minimum Gasteiger partial charge on any atom is -0.493 e. The lowest BCUT2D eigenvalue weighted by molar-refractivity contribution is -0.123. The van der Waals surface area contributed by atoms with Gasteiger partial charge in [0, 0.05) is 5.56 Å². The first-order valence-corrected chi connectivity index (χ1v) is 8.13. The molecule has 1 amide bonds. The van der Waals surface area contributed by atoms with Crippen LogP contribution in [-0.4, -0.2) is 32.4 Å². The first-order chi connectivity index (χ1) is 12.7. The predicted octanol–water partition coefficient (Wildman–Crippen LogP) is 3.44. The normalized spacial score (nSPS) is 10.4. The van der Waals surface area contributed by atoms with Crippen LogP contribution >= 0.6 is 11.6 Å². The molecule has 0 saturated carbocycles. The summed E-state index contributed by atoms with van der Waals surface area (Å²) in [5, 5.41) is 4.36. The lowest BCUT2D eigenvalue weighted by atomic mass is 10.2. The van der Waals surface area contributed by atoms with Crippen LogP contribution in [0.2, 0.25) is 5.02 Å². The Labute approximate surface area is 157 Å². The summed E-state index contributed by atoms with van der Waals surface area (Å²) in [5.74, 6) is 1.09. The fourth-order valence-electron chi connectivity index (χ4n) is 2.00. The van der Waals surface area contributed by atoms with Gasteiger partial charge in [0.1, 0.15) is 12.4 Å². The average molecular weight is 375 g/mol. The molecule has 2 aromatic rings. The second kappa shape index (κ2) is 10.1. The largest absolute Gasteiger partial charge is 0.493 e. The molecule has 0 saturated heterocycles. The molecule has 1 N–H and O–H groups in total. The third-order valence-electron chi connectivity index (χ3n) is 3.16. The molecule has 0 aliphatic heterocycles. The van der Waals surface area contributed by atoms with Gasteiger partial charge in [0.25, 0.3) is 5.91 Å². The number of carbonyl (C=O) groups is 1. The van der Waals surface area contributed by atoms with E-state index in [0.29, 0.717) is 34.4 Å². The number of nitrogens with one attached hydrogen (secondary N) is 1. The van der Waals surface area contributed by atoms with E-state index in [1.807, 2.05) is 0 Å². The van der Waals surface area contributed by atoms with Gasteiger partial charge in [-0.1, -0.05) is 42.5 Å². The minimum absolute atomic E-state index is 0.209. The Morgan fingerprint density at radius 3 is 2.69 bits per heavy atom. The van der Waals surface area contributed by atoms with Crippen molar-refractivity contribution in [2.24, 2.45) is 5.10 Å². The molecule has 0 unspecified atom stereocenters. The highest BCUT2D eigenvalue weighted by molar-refractivity contribution is 6.32. The molecule has 0 atom stereocenters. The highest BCUT2D eigenvalue weighted by Crippen LogP contribution is 2.30. The van der Waals surface area contributed by atoms with Crippen molar-refractivity contribution in [3.05, 3.63) is 65.7 Å². The Kier molecular flexibility index (Phi) is 7.51. The van der Waals surface area contributed by atoms with E-state index in [2.05, 4.69) is 17.1 Å². The molecule has 0 radical (unpaired) electrons. The van der Waals surface area contributed by atoms with Gasteiger partial charge in [-0.2, -0.15) is 5.10 Å². The standard InChI is InChI=1S/C19H19ClN2O4/c1-3-11-25-19-14(7-6-10-17(19)24-2)12-21-22-18(23)13-26-16-9-5-4-8-15(16)20/h3-10,12H,1,11,13H2,2H3,(H,22,23)/b21-12-. The van der Waals surface area contributed by atoms with Crippen LogP contribution in [0.3, 0.4) is 0 Å². The summed E-state index contributed by atoms with van der Waals surface area (Å²) in [5.41, 5.74) is 3.04. The third kappa shape index (κ3) is 5.53. The van der Waals surface area contributed by atoms with Gasteiger partial charge < -0.3 is 14.2 Å². The van der Waals surface area contributed by atoms with Crippen molar-refractivity contribution in [2.75, 3.05) is 20.3 Å². The summed E-state index contributed by atoms with van der Waals surface area (Å²) in [7, 11) is 1.55. The monoisotopic (exact) mass is 374 g/mol. The summed E-state index contributed by atoms with van der Waals surface area (Å²) in [6, 6.07) is 12.3. The van der Waals surface area contributed by atoms with E-state index >= 15 is 0 Å². The van der Waals surface area contributed by atoms with Gasteiger partial charge in [0.05, 0.1) is 18.3 Å². The highest BCUT2D eigenvalue weighted by atomic mass is 35.5. The molecule has 0 spiro atoms. The summed E-state index contributed by atoms with van der Waals surface area (Å²) < 4.78 is 16.2. The van der Waals surface area contributed by atoms with Crippen molar-refractivity contribution in [1.29, 1.82) is 0 Å². The molecule has 2 aromatic carbocycles. The van der Waals surface area contributed by atoms with Crippen molar-refractivity contribution >= 4 is 23.7 Å². The summed E-state index contributed by atoms with van der Waals surface area (Å²) in [4.78, 5) is 11.8. The number of para-hydroxylation sites is 2. The number of hydrogen-bond acceptors (Lipinski definition) is 5. The van der Waals surface area contributed by atoms with E-state index < -0.39 is 5.91 Å². The number of nitrogens with zero attached hydrogens (tertiary/aromatic N) is 1. The van der Waals surface area contributed by atoms with Crippen molar-refractivity contribution in [3.8, 4) is 17.2 Å². The third-order valence-corrected chi connectivity index (χ3v) is 3.48. The summed E-state index contributed by atoms with van der Waals surface area (Å²) in [6.07, 6.45) is 3.09. The van der Waals surface area contributed by atoms with E-state index in [1.165, 1.54) is 6.21 Å². The second-order valence-corrected chi connectivity index (χ2v) is 5.40. The number of hydrogen-bond donors (Lipinski definition) is 1. The van der Waals surface area contributed by atoms with E-state index in [1.54, 1.807) is 55.7 Å². The van der Waals surface area contributed by atoms with Crippen molar-refractivity contribution in [2.45, 2.75) is 0 Å². The zero-order valence-electron chi connectivity index (χ0n) is 14.3. The molecule has 7 heteroatoms. The Balaban J connectivity index is 1.96. The Hall–Kier alpha value is -2.99. The molecular formula is C19H19ClN2O4. The van der Waals surface area contributed by atoms with Crippen molar-refractivity contribution in [1.82, 2.24) is 5.43 Å². The first-order valence-electron chi connectivity index (χ1n) is 7.75. The lowest BCUT2D eigenvalue weighted by Crippen LogP contribution is -2.24. The van der Waals surface area contributed by atoms with Gasteiger partial charge in [-0.3, -0.25) is 4.79 Å². The highest BCUT2D eigenvalue weighted by Gasteiger charge is 2.09. The maximum absolute atomic E-state index is 11.8. The van der Waals surface area contributed by atoms with Crippen LogP contribution in [0.25, 0.3) is 0 Å². The van der Waals surface area contributed by atoms with Gasteiger partial charge in [-0.15, -0.1) is 0 Å². The molecule has 0 fully saturated rings. The Morgan fingerprint density at radius 1 is 1.19 bits per heavy atom. The van der Waals surface area contributed by atoms with Crippen LogP contribution in [0.1, 0.15) is 5.56 Å². The molecule has 6 nitrogen and oxygen atoms in total. The van der Waals surface area contributed by atoms with E-state index in [0.717, 1.165) is 0 Å². The fraction of sp³-hybridized carbons (Fsp3) is 0.158. The zero-order valence-corrected chi connectivity index (χ0v) is 15.0. The van der Waals surface area contributed by atoms with Crippen LogP contribution in [0.5, 0.6) is 17.2 Å². The zero-order chi connectivity index (χ0) is 18.8. The molecule has 26 heavy (non-hydrogen) atoms. The van der Waals surface area contributed by atoms with Gasteiger partial charge in [0.2, 0.25) is 0 Å². The molecule has 0 heterocycles. The van der Waals surface area contributed by atoms with Gasteiger partial charge in [-0.05, 0) is 24.3 Å². The van der Waals surface area contributed by atoms with Crippen LogP contribution in [0.4, 0.5) is 0 Å². The smallest absolute Gasteiger partial charge is 0.277 e. The number of halogens is 1. The number of methoxy groups -OCH3 is 1. The number of carbonyl (C=O) groups excluding carboxylic acids is 1. The Bertz CT molecular complexity index is 793. The molecule has 2 rings (SSSR count). The molecular weight excluding hydrogens is 356 g/mol. The van der Waals surface area contributed by atoms with Crippen LogP contribution in [0.15, 0.2) is 60.2 Å². The predicted molar refractivity (Wildman–Crippen MR) is 101 cm³/mol. The Morgan fingerprint density at radius 2 is 1.96 bits per heavy atom. The first kappa shape index (κ1) is 19.3. The van der Waals surface area contributed by atoms with Crippen molar-refractivity contribution in [3.63, 3.8) is 0 Å². The average Bonchev–Trinajstić information content (AvgIpc) is 2.66. The molecule has 0 aliphatic carbocycles. The topological polar surface area (TPSA) is 69.2 Å². The number of hydrazone groups is 1. The number of amides is 1. The summed E-state index contributed by atoms with van der Waals surface area (Å²) in [6.45, 7) is 3.73. The number of rotatable bonds is 9. The van der Waals surface area contributed by atoms with Gasteiger partial charge in [-0.25, -0.2) is 5.43 Å². The molecule has 0 bridgehead atoms. The van der Waals surface area contributed by atoms with E-state index in [4.69, 9.17) is 25.8 Å². The molecule has 0 aliphatic rings. The summed E-state index contributed by atoms with van der Waals surface area (Å²) >= 11 is 5.96. The van der Waals surface area contributed by atoms with Crippen LogP contribution < -0.4 is 19.6 Å². The maximum Gasteiger partial charge on any atom is 0.277 e. The molecule has 0 aromatic heterocycles. The van der Waals surface area contributed by atoms with Crippen molar-refractivity contribution < 1.29 is 19.0 Å². The fourth-order valence-corrected chi connectivity index (χ4v) is 2.19. The van der Waals surface area contributed by atoms with Gasteiger partial charge in [0.15, 0.2) is 18.1 Å². The maximum atomic E-state index is 11.8.